The summed E-state index contributed by atoms with van der Waals surface area (Å²) in [6, 6.07) is 13.7. The number of nitriles is 1. The van der Waals surface area contributed by atoms with Crippen molar-refractivity contribution in [3.63, 3.8) is 0 Å². The number of rotatable bonds is 5. The van der Waals surface area contributed by atoms with Crippen molar-refractivity contribution in [2.45, 2.75) is 12.5 Å². The van der Waals surface area contributed by atoms with E-state index in [4.69, 9.17) is 15.7 Å². The molecule has 3 nitrogen and oxygen atoms in total. The lowest BCUT2D eigenvalue weighted by atomic mass is 10.1. The minimum absolute atomic E-state index is 0.105. The quantitative estimate of drug-likeness (QED) is 0.897. The first-order valence-corrected chi connectivity index (χ1v) is 6.57. The molecule has 2 aromatic rings. The molecular formula is C14H14N2OS. The van der Waals surface area contributed by atoms with Crippen molar-refractivity contribution in [2.24, 2.45) is 5.73 Å². The van der Waals surface area contributed by atoms with Gasteiger partial charge in [-0.2, -0.15) is 5.26 Å². The Balaban J connectivity index is 2.06. The van der Waals surface area contributed by atoms with E-state index in [2.05, 4.69) is 6.07 Å². The summed E-state index contributed by atoms with van der Waals surface area (Å²) in [5, 5.41) is 10.6. The van der Waals surface area contributed by atoms with E-state index < -0.39 is 0 Å². The van der Waals surface area contributed by atoms with E-state index in [9.17, 15) is 0 Å². The van der Waals surface area contributed by atoms with Gasteiger partial charge in [0.15, 0.2) is 0 Å². The zero-order valence-corrected chi connectivity index (χ0v) is 10.7. The van der Waals surface area contributed by atoms with Gasteiger partial charge >= 0.3 is 0 Å². The van der Waals surface area contributed by atoms with Crippen LogP contribution in [0.2, 0.25) is 0 Å². The number of ether oxygens (including phenoxy) is 1. The molecule has 2 rings (SSSR count). The predicted molar refractivity (Wildman–Crippen MR) is 72.5 cm³/mol. The zero-order valence-electron chi connectivity index (χ0n) is 9.87. The lowest BCUT2D eigenvalue weighted by molar-refractivity contribution is 0.218. The van der Waals surface area contributed by atoms with E-state index in [1.54, 1.807) is 11.3 Å². The summed E-state index contributed by atoms with van der Waals surface area (Å²) >= 11 is 1.64. The zero-order chi connectivity index (χ0) is 12.8. The second kappa shape index (κ2) is 6.20. The molecule has 0 saturated carbocycles. The van der Waals surface area contributed by atoms with Crippen molar-refractivity contribution in [1.29, 1.82) is 5.26 Å². The highest BCUT2D eigenvalue weighted by Crippen LogP contribution is 2.24. The van der Waals surface area contributed by atoms with Gasteiger partial charge in [0.1, 0.15) is 11.9 Å². The van der Waals surface area contributed by atoms with Crippen LogP contribution in [-0.2, 0) is 6.42 Å². The van der Waals surface area contributed by atoms with Crippen LogP contribution in [0, 0.1) is 11.3 Å². The van der Waals surface area contributed by atoms with Crippen molar-refractivity contribution < 1.29 is 4.74 Å². The average Bonchev–Trinajstić information content (AvgIpc) is 2.92. The summed E-state index contributed by atoms with van der Waals surface area (Å²) in [5.41, 5.74) is 6.72. The molecule has 4 heteroatoms. The third-order valence-electron chi connectivity index (χ3n) is 2.56. The van der Waals surface area contributed by atoms with E-state index in [-0.39, 0.29) is 6.10 Å². The molecule has 0 saturated heterocycles. The molecule has 0 fully saturated rings. The number of hydrogen-bond donors (Lipinski definition) is 1. The largest absolute Gasteiger partial charge is 0.484 e. The number of nitrogens with two attached hydrogens (primary N) is 1. The molecule has 2 N–H and O–H groups in total. The topological polar surface area (TPSA) is 59.0 Å². The molecule has 0 aliphatic carbocycles. The van der Waals surface area contributed by atoms with Gasteiger partial charge in [-0.3, -0.25) is 0 Å². The van der Waals surface area contributed by atoms with Crippen molar-refractivity contribution in [1.82, 2.24) is 0 Å². The highest BCUT2D eigenvalue weighted by molar-refractivity contribution is 7.10. The molecule has 0 aliphatic heterocycles. The maximum absolute atomic E-state index is 8.60. The van der Waals surface area contributed by atoms with Crippen molar-refractivity contribution in [3.05, 3.63) is 52.2 Å². The van der Waals surface area contributed by atoms with E-state index in [1.165, 1.54) is 0 Å². The fraction of sp³-hybridized carbons (Fsp3) is 0.214. The molecule has 0 amide bonds. The Morgan fingerprint density at radius 2 is 2.06 bits per heavy atom. The minimum atomic E-state index is -0.105. The van der Waals surface area contributed by atoms with Crippen LogP contribution in [0.15, 0.2) is 41.8 Å². The van der Waals surface area contributed by atoms with E-state index in [1.807, 2.05) is 41.8 Å². The first-order chi connectivity index (χ1) is 8.83. The second-order valence-electron chi connectivity index (χ2n) is 3.84. The van der Waals surface area contributed by atoms with Gasteiger partial charge in [-0.1, -0.05) is 18.2 Å². The molecule has 0 bridgehead atoms. The predicted octanol–water partition coefficient (Wildman–Crippen LogP) is 2.89. The monoisotopic (exact) mass is 258 g/mol. The summed E-state index contributed by atoms with van der Waals surface area (Å²) in [4.78, 5) is 1.12. The van der Waals surface area contributed by atoms with Gasteiger partial charge in [0.2, 0.25) is 0 Å². The Kier molecular flexibility index (Phi) is 4.35. The maximum Gasteiger partial charge on any atom is 0.145 e. The molecule has 0 aliphatic rings. The van der Waals surface area contributed by atoms with Gasteiger partial charge in [0.25, 0.3) is 0 Å². The van der Waals surface area contributed by atoms with Crippen LogP contribution in [0.5, 0.6) is 5.75 Å². The Morgan fingerprint density at radius 3 is 2.61 bits per heavy atom. The van der Waals surface area contributed by atoms with Crippen LogP contribution in [0.25, 0.3) is 0 Å². The molecule has 92 valence electrons. The summed E-state index contributed by atoms with van der Waals surface area (Å²) in [6.07, 6.45) is 0.317. The third kappa shape index (κ3) is 3.10. The first kappa shape index (κ1) is 12.6. The highest BCUT2D eigenvalue weighted by atomic mass is 32.1. The molecule has 1 heterocycles. The standard InChI is InChI=1S/C14H14N2OS/c15-8-7-11-3-5-12(6-4-11)17-13(10-16)14-2-1-9-18-14/h1-6,9,13H,7,10,16H2. The van der Waals surface area contributed by atoms with E-state index in [0.29, 0.717) is 13.0 Å². The maximum atomic E-state index is 8.60. The van der Waals surface area contributed by atoms with Crippen LogP contribution < -0.4 is 10.5 Å². The lowest BCUT2D eigenvalue weighted by Crippen LogP contribution is -2.17. The smallest absolute Gasteiger partial charge is 0.145 e. The second-order valence-corrected chi connectivity index (χ2v) is 4.82. The van der Waals surface area contributed by atoms with Crippen LogP contribution in [-0.4, -0.2) is 6.54 Å². The van der Waals surface area contributed by atoms with Crippen LogP contribution in [0.1, 0.15) is 16.5 Å². The number of hydrogen-bond acceptors (Lipinski definition) is 4. The number of thiophene rings is 1. The van der Waals surface area contributed by atoms with Gasteiger partial charge in [-0.15, -0.1) is 11.3 Å². The van der Waals surface area contributed by atoms with Crippen molar-refractivity contribution in [2.75, 3.05) is 6.54 Å². The summed E-state index contributed by atoms with van der Waals surface area (Å²) in [7, 11) is 0. The molecule has 1 aromatic carbocycles. The fourth-order valence-corrected chi connectivity index (χ4v) is 2.41. The van der Waals surface area contributed by atoms with Gasteiger partial charge in [0, 0.05) is 11.4 Å². The minimum Gasteiger partial charge on any atom is -0.484 e. The first-order valence-electron chi connectivity index (χ1n) is 5.69. The lowest BCUT2D eigenvalue weighted by Gasteiger charge is -2.16. The SMILES string of the molecule is N#CCc1ccc(OC(CN)c2cccs2)cc1. The molecule has 0 radical (unpaired) electrons. The summed E-state index contributed by atoms with van der Waals surface area (Å²) in [5.74, 6) is 0.778. The molecular weight excluding hydrogens is 244 g/mol. The molecule has 1 aromatic heterocycles. The third-order valence-corrected chi connectivity index (χ3v) is 3.52. The number of nitrogens with zero attached hydrogens (tertiary/aromatic N) is 1. The molecule has 0 spiro atoms. The average molecular weight is 258 g/mol. The summed E-state index contributed by atoms with van der Waals surface area (Å²) < 4.78 is 5.84. The number of benzene rings is 1. The highest BCUT2D eigenvalue weighted by Gasteiger charge is 2.12. The van der Waals surface area contributed by atoms with Gasteiger partial charge in [0.05, 0.1) is 12.5 Å². The van der Waals surface area contributed by atoms with Crippen LogP contribution >= 0.6 is 11.3 Å². The Labute approximate surface area is 110 Å². The summed E-state index contributed by atoms with van der Waals surface area (Å²) in [6.45, 7) is 0.445. The van der Waals surface area contributed by atoms with Crippen LogP contribution in [0.3, 0.4) is 0 Å². The molecule has 18 heavy (non-hydrogen) atoms. The van der Waals surface area contributed by atoms with Gasteiger partial charge < -0.3 is 10.5 Å². The Bertz CT molecular complexity index is 514. The van der Waals surface area contributed by atoms with Crippen molar-refractivity contribution in [3.8, 4) is 11.8 Å². The van der Waals surface area contributed by atoms with E-state index >= 15 is 0 Å². The van der Waals surface area contributed by atoms with Crippen molar-refractivity contribution >= 4 is 11.3 Å². The Hall–Kier alpha value is -1.83. The normalized spacial score (nSPS) is 11.8. The fourth-order valence-electron chi connectivity index (χ4n) is 1.64. The van der Waals surface area contributed by atoms with E-state index in [0.717, 1.165) is 16.2 Å². The Morgan fingerprint density at radius 1 is 1.28 bits per heavy atom. The molecule has 1 unspecified atom stereocenters. The van der Waals surface area contributed by atoms with Gasteiger partial charge in [-0.25, -0.2) is 0 Å². The van der Waals surface area contributed by atoms with Gasteiger partial charge in [-0.05, 0) is 29.1 Å². The molecule has 1 atom stereocenters. The van der Waals surface area contributed by atoms with Crippen LogP contribution in [0.4, 0.5) is 0 Å².